The normalized spacial score (nSPS) is 9.81. The van der Waals surface area contributed by atoms with Gasteiger partial charge in [-0.3, -0.25) is 0 Å². The molecular weight excluding hydrogens is 206 g/mol. The Morgan fingerprint density at radius 2 is 1.69 bits per heavy atom. The third kappa shape index (κ3) is 2.42. The lowest BCUT2D eigenvalue weighted by Crippen LogP contribution is -1.87. The molecule has 1 aromatic carbocycles. The smallest absolute Gasteiger partial charge is 0.219 e. The summed E-state index contributed by atoms with van der Waals surface area (Å²) in [6.07, 6.45) is 1.33. The van der Waals surface area contributed by atoms with Crippen LogP contribution in [0.5, 0.6) is 23.1 Å². The first-order chi connectivity index (χ1) is 7.78. The number of hydrogen-bond acceptors (Lipinski definition) is 4. The van der Waals surface area contributed by atoms with Crippen LogP contribution < -0.4 is 9.47 Å². The summed E-state index contributed by atoms with van der Waals surface area (Å²) in [5.41, 5.74) is 0. The van der Waals surface area contributed by atoms with E-state index in [-0.39, 0.29) is 5.75 Å². The molecule has 16 heavy (non-hydrogen) atoms. The maximum Gasteiger partial charge on any atom is 0.219 e. The van der Waals surface area contributed by atoms with Gasteiger partial charge in [0.1, 0.15) is 17.2 Å². The zero-order valence-electron chi connectivity index (χ0n) is 8.75. The highest BCUT2D eigenvalue weighted by Gasteiger charge is 1.99. The van der Waals surface area contributed by atoms with Gasteiger partial charge in [-0.2, -0.15) is 0 Å². The molecule has 0 radical (unpaired) electrons. The molecule has 0 unspecified atom stereocenters. The van der Waals surface area contributed by atoms with Gasteiger partial charge in [0.15, 0.2) is 0 Å². The zero-order valence-corrected chi connectivity index (χ0v) is 8.75. The number of ether oxygens (including phenoxy) is 2. The maximum absolute atomic E-state index is 9.06. The van der Waals surface area contributed by atoms with E-state index in [0.29, 0.717) is 11.6 Å². The van der Waals surface area contributed by atoms with E-state index < -0.39 is 0 Å². The zero-order chi connectivity index (χ0) is 11.4. The lowest BCUT2D eigenvalue weighted by atomic mass is 10.3. The second-order valence-electron chi connectivity index (χ2n) is 3.13. The van der Waals surface area contributed by atoms with Crippen molar-refractivity contribution in [3.8, 4) is 23.1 Å². The molecule has 0 atom stereocenters. The van der Waals surface area contributed by atoms with Crippen LogP contribution in [0.3, 0.4) is 0 Å². The fourth-order valence-corrected chi connectivity index (χ4v) is 1.20. The first kappa shape index (κ1) is 10.3. The number of nitrogens with zero attached hydrogens (tertiary/aromatic N) is 1. The first-order valence-corrected chi connectivity index (χ1v) is 4.75. The van der Waals surface area contributed by atoms with Crippen molar-refractivity contribution in [1.82, 2.24) is 4.98 Å². The number of hydrogen-bond donors (Lipinski definition) is 1. The predicted molar refractivity (Wildman–Crippen MR) is 59.0 cm³/mol. The molecule has 82 valence electrons. The van der Waals surface area contributed by atoms with Gasteiger partial charge in [-0.25, -0.2) is 4.98 Å². The molecule has 0 amide bonds. The van der Waals surface area contributed by atoms with Crippen LogP contribution in [0.2, 0.25) is 0 Å². The molecule has 0 saturated heterocycles. The lowest BCUT2D eigenvalue weighted by molar-refractivity contribution is 0.412. The Hall–Kier alpha value is -2.23. The molecule has 0 bridgehead atoms. The number of methoxy groups -OCH3 is 1. The van der Waals surface area contributed by atoms with Crippen molar-refractivity contribution in [1.29, 1.82) is 0 Å². The Balaban J connectivity index is 2.11. The Morgan fingerprint density at radius 3 is 2.25 bits per heavy atom. The number of rotatable bonds is 3. The van der Waals surface area contributed by atoms with E-state index in [2.05, 4.69) is 4.98 Å². The predicted octanol–water partition coefficient (Wildman–Crippen LogP) is 2.59. The summed E-state index contributed by atoms with van der Waals surface area (Å²) in [5, 5.41) is 9.06. The van der Waals surface area contributed by atoms with Gasteiger partial charge >= 0.3 is 0 Å². The maximum atomic E-state index is 9.06. The summed E-state index contributed by atoms with van der Waals surface area (Å²) in [7, 11) is 1.61. The van der Waals surface area contributed by atoms with E-state index in [1.165, 1.54) is 12.3 Å². The van der Waals surface area contributed by atoms with Crippen LogP contribution in [-0.2, 0) is 0 Å². The number of aromatic nitrogens is 1. The van der Waals surface area contributed by atoms with E-state index in [9.17, 15) is 0 Å². The Kier molecular flexibility index (Phi) is 2.91. The van der Waals surface area contributed by atoms with Gasteiger partial charge in [0.25, 0.3) is 0 Å². The van der Waals surface area contributed by atoms with E-state index >= 15 is 0 Å². The van der Waals surface area contributed by atoms with Gasteiger partial charge in [-0.05, 0) is 30.3 Å². The van der Waals surface area contributed by atoms with Crippen molar-refractivity contribution in [3.63, 3.8) is 0 Å². The molecule has 1 N–H and O–H groups in total. The van der Waals surface area contributed by atoms with Crippen LogP contribution in [0, 0.1) is 0 Å². The van der Waals surface area contributed by atoms with Crippen LogP contribution >= 0.6 is 0 Å². The summed E-state index contributed by atoms with van der Waals surface area (Å²) in [5.74, 6) is 1.98. The van der Waals surface area contributed by atoms with Crippen molar-refractivity contribution in [2.45, 2.75) is 0 Å². The second kappa shape index (κ2) is 4.53. The second-order valence-corrected chi connectivity index (χ2v) is 3.13. The number of benzene rings is 1. The van der Waals surface area contributed by atoms with Crippen molar-refractivity contribution in [3.05, 3.63) is 42.6 Å². The fraction of sp³-hybridized carbons (Fsp3) is 0.0833. The van der Waals surface area contributed by atoms with Crippen LogP contribution in [0.4, 0.5) is 0 Å². The van der Waals surface area contributed by atoms with Crippen molar-refractivity contribution >= 4 is 0 Å². The molecule has 0 spiro atoms. The quantitative estimate of drug-likeness (QED) is 0.858. The molecule has 4 heteroatoms. The van der Waals surface area contributed by atoms with Crippen molar-refractivity contribution < 1.29 is 14.6 Å². The van der Waals surface area contributed by atoms with Crippen LogP contribution in [0.25, 0.3) is 0 Å². The summed E-state index contributed by atoms with van der Waals surface area (Å²) in [6.45, 7) is 0. The van der Waals surface area contributed by atoms with E-state index in [1.54, 1.807) is 37.4 Å². The molecular formula is C12H11NO3. The van der Waals surface area contributed by atoms with Crippen LogP contribution in [0.15, 0.2) is 42.6 Å². The van der Waals surface area contributed by atoms with Gasteiger partial charge in [0.05, 0.1) is 13.3 Å². The van der Waals surface area contributed by atoms with E-state index in [1.807, 2.05) is 0 Å². The monoisotopic (exact) mass is 217 g/mol. The van der Waals surface area contributed by atoms with Crippen LogP contribution in [0.1, 0.15) is 0 Å². The SMILES string of the molecule is COc1ccc(Oc2ccc(O)cn2)cc1. The molecule has 0 saturated carbocycles. The first-order valence-electron chi connectivity index (χ1n) is 4.75. The highest BCUT2D eigenvalue weighted by Crippen LogP contribution is 2.22. The largest absolute Gasteiger partial charge is 0.506 e. The van der Waals surface area contributed by atoms with E-state index in [4.69, 9.17) is 14.6 Å². The van der Waals surface area contributed by atoms with Gasteiger partial charge in [0, 0.05) is 6.07 Å². The minimum atomic E-state index is 0.113. The standard InChI is InChI=1S/C12H11NO3/c1-15-10-3-5-11(6-4-10)16-12-7-2-9(14)8-13-12/h2-8,14H,1H3. The number of aromatic hydroxyl groups is 1. The van der Waals surface area contributed by atoms with Crippen LogP contribution in [-0.4, -0.2) is 17.2 Å². The molecule has 1 aromatic heterocycles. The molecule has 0 aliphatic rings. The molecule has 2 aromatic rings. The molecule has 0 aliphatic heterocycles. The topological polar surface area (TPSA) is 51.6 Å². The molecule has 2 rings (SSSR count). The lowest BCUT2D eigenvalue weighted by Gasteiger charge is -2.05. The summed E-state index contributed by atoms with van der Waals surface area (Å²) in [4.78, 5) is 3.91. The third-order valence-electron chi connectivity index (χ3n) is 2.00. The summed E-state index contributed by atoms with van der Waals surface area (Å²) < 4.78 is 10.5. The fourth-order valence-electron chi connectivity index (χ4n) is 1.20. The van der Waals surface area contributed by atoms with Crippen molar-refractivity contribution in [2.24, 2.45) is 0 Å². The minimum absolute atomic E-state index is 0.113. The Labute approximate surface area is 93.1 Å². The third-order valence-corrected chi connectivity index (χ3v) is 2.00. The van der Waals surface area contributed by atoms with Gasteiger partial charge in [-0.1, -0.05) is 0 Å². The average molecular weight is 217 g/mol. The van der Waals surface area contributed by atoms with Gasteiger partial charge in [-0.15, -0.1) is 0 Å². The highest BCUT2D eigenvalue weighted by atomic mass is 16.5. The average Bonchev–Trinajstić information content (AvgIpc) is 2.33. The molecule has 1 heterocycles. The molecule has 0 fully saturated rings. The van der Waals surface area contributed by atoms with Gasteiger partial charge < -0.3 is 14.6 Å². The minimum Gasteiger partial charge on any atom is -0.506 e. The van der Waals surface area contributed by atoms with Crippen molar-refractivity contribution in [2.75, 3.05) is 7.11 Å². The van der Waals surface area contributed by atoms with Gasteiger partial charge in [0.2, 0.25) is 5.88 Å². The summed E-state index contributed by atoms with van der Waals surface area (Å²) in [6, 6.07) is 10.3. The molecule has 0 aliphatic carbocycles. The Morgan fingerprint density at radius 1 is 1.00 bits per heavy atom. The Bertz CT molecular complexity index is 451. The summed E-state index contributed by atoms with van der Waals surface area (Å²) >= 11 is 0. The molecule has 4 nitrogen and oxygen atoms in total. The highest BCUT2D eigenvalue weighted by molar-refractivity contribution is 5.34. The van der Waals surface area contributed by atoms with E-state index in [0.717, 1.165) is 5.75 Å². The number of pyridine rings is 1.